The van der Waals surface area contributed by atoms with E-state index in [0.29, 0.717) is 6.54 Å². The maximum absolute atomic E-state index is 9.45. The molecule has 1 fully saturated rings. The van der Waals surface area contributed by atoms with E-state index in [4.69, 9.17) is 5.26 Å². The van der Waals surface area contributed by atoms with Gasteiger partial charge < -0.3 is 4.90 Å². The van der Waals surface area contributed by atoms with E-state index in [1.54, 1.807) is 11.8 Å². The summed E-state index contributed by atoms with van der Waals surface area (Å²) in [4.78, 5) is 5.46. The van der Waals surface area contributed by atoms with Crippen LogP contribution in [0.4, 0.5) is 5.69 Å². The maximum atomic E-state index is 9.45. The van der Waals surface area contributed by atoms with E-state index in [2.05, 4.69) is 28.9 Å². The predicted molar refractivity (Wildman–Crippen MR) is 81.8 cm³/mol. The second-order valence-electron chi connectivity index (χ2n) is 4.62. The van der Waals surface area contributed by atoms with Gasteiger partial charge in [-0.25, -0.2) is 0 Å². The van der Waals surface area contributed by atoms with Crippen LogP contribution in [-0.2, 0) is 0 Å². The monoisotopic (exact) mass is 286 g/mol. The molecule has 0 unspecified atom stereocenters. The first-order chi connectivity index (χ1) is 9.80. The summed E-state index contributed by atoms with van der Waals surface area (Å²) in [6.45, 7) is 6.09. The third kappa shape index (κ3) is 3.25. The van der Waals surface area contributed by atoms with Gasteiger partial charge in [0.05, 0.1) is 23.9 Å². The van der Waals surface area contributed by atoms with Gasteiger partial charge in [0.15, 0.2) is 0 Å². The highest BCUT2D eigenvalue weighted by molar-refractivity contribution is 7.99. The molecule has 0 saturated carbocycles. The van der Waals surface area contributed by atoms with Crippen LogP contribution in [0.2, 0.25) is 0 Å². The molecule has 1 saturated heterocycles. The van der Waals surface area contributed by atoms with Crippen molar-refractivity contribution in [2.45, 2.75) is 11.8 Å². The summed E-state index contributed by atoms with van der Waals surface area (Å²) in [5.74, 6) is 0.966. The topological polar surface area (TPSA) is 54.1 Å². The molecule has 0 N–H and O–H groups in total. The van der Waals surface area contributed by atoms with Crippen LogP contribution >= 0.6 is 11.8 Å². The first kappa shape index (κ1) is 14.7. The summed E-state index contributed by atoms with van der Waals surface area (Å²) >= 11 is 1.71. The van der Waals surface area contributed by atoms with Gasteiger partial charge in [0.1, 0.15) is 6.07 Å². The summed E-state index contributed by atoms with van der Waals surface area (Å²) in [7, 11) is 0. The largest absolute Gasteiger partial charge is 0.368 e. The minimum Gasteiger partial charge on any atom is -0.368 e. The Labute approximate surface area is 124 Å². The van der Waals surface area contributed by atoms with Crippen LogP contribution in [-0.4, -0.2) is 43.4 Å². The highest BCUT2D eigenvalue weighted by atomic mass is 32.2. The minimum absolute atomic E-state index is 0.491. The quantitative estimate of drug-likeness (QED) is 0.628. The molecule has 1 aliphatic heterocycles. The Bertz CT molecular complexity index is 536. The molecular weight excluding hydrogens is 268 g/mol. The Morgan fingerprint density at radius 1 is 1.20 bits per heavy atom. The molecule has 1 aliphatic rings. The summed E-state index contributed by atoms with van der Waals surface area (Å²) in [5.41, 5.74) is 1.82. The molecule has 1 aromatic rings. The fourth-order valence-electron chi connectivity index (χ4n) is 2.42. The van der Waals surface area contributed by atoms with Gasteiger partial charge in [0.2, 0.25) is 0 Å². The lowest BCUT2D eigenvalue weighted by molar-refractivity contribution is 0.287. The molecule has 0 spiro atoms. The maximum Gasteiger partial charge on any atom is 0.103 e. The highest BCUT2D eigenvalue weighted by Gasteiger charge is 2.20. The lowest BCUT2D eigenvalue weighted by atomic mass is 10.1. The number of piperazine rings is 1. The Hall–Kier alpha value is -1.69. The number of nitrogens with zero attached hydrogens (tertiary/aromatic N) is 4. The Morgan fingerprint density at radius 3 is 2.55 bits per heavy atom. The van der Waals surface area contributed by atoms with Crippen LogP contribution in [0.15, 0.2) is 23.1 Å². The van der Waals surface area contributed by atoms with Crippen molar-refractivity contribution in [2.24, 2.45) is 0 Å². The molecule has 0 bridgehead atoms. The third-order valence-electron chi connectivity index (χ3n) is 3.42. The van der Waals surface area contributed by atoms with Crippen molar-refractivity contribution in [3.05, 3.63) is 23.8 Å². The number of anilines is 1. The molecule has 2 rings (SSSR count). The van der Waals surface area contributed by atoms with Crippen molar-refractivity contribution in [3.8, 4) is 12.1 Å². The normalized spacial score (nSPS) is 15.7. The average Bonchev–Trinajstić information content (AvgIpc) is 2.48. The van der Waals surface area contributed by atoms with Crippen molar-refractivity contribution in [1.29, 1.82) is 10.5 Å². The first-order valence-corrected chi connectivity index (χ1v) is 7.79. The molecule has 1 aromatic carbocycles. The fraction of sp³-hybridized carbons (Fsp3) is 0.467. The fourth-order valence-corrected chi connectivity index (χ4v) is 3.20. The highest BCUT2D eigenvalue weighted by Crippen LogP contribution is 2.30. The Morgan fingerprint density at radius 2 is 1.95 bits per heavy atom. The number of rotatable bonds is 4. The molecule has 0 aliphatic carbocycles. The summed E-state index contributed by atoms with van der Waals surface area (Å²) < 4.78 is 0. The van der Waals surface area contributed by atoms with Crippen LogP contribution in [0.3, 0.4) is 0 Å². The summed E-state index contributed by atoms with van der Waals surface area (Å²) in [5, 5.41) is 18.2. The summed E-state index contributed by atoms with van der Waals surface area (Å²) in [6, 6.07) is 10.6. The molecule has 4 nitrogen and oxygen atoms in total. The van der Waals surface area contributed by atoms with Crippen molar-refractivity contribution < 1.29 is 0 Å². The second-order valence-corrected chi connectivity index (χ2v) is 5.92. The van der Waals surface area contributed by atoms with Gasteiger partial charge in [0.25, 0.3) is 0 Å². The van der Waals surface area contributed by atoms with Crippen molar-refractivity contribution in [3.63, 3.8) is 0 Å². The third-order valence-corrected chi connectivity index (χ3v) is 4.36. The first-order valence-electron chi connectivity index (χ1n) is 6.80. The van der Waals surface area contributed by atoms with E-state index < -0.39 is 0 Å². The smallest absolute Gasteiger partial charge is 0.103 e. The molecule has 20 heavy (non-hydrogen) atoms. The minimum atomic E-state index is 0.491. The predicted octanol–water partition coefficient (Wildman–Crippen LogP) is 2.32. The second kappa shape index (κ2) is 7.19. The molecule has 104 valence electrons. The van der Waals surface area contributed by atoms with E-state index in [1.807, 2.05) is 18.2 Å². The van der Waals surface area contributed by atoms with Gasteiger partial charge in [-0.3, -0.25) is 4.90 Å². The van der Waals surface area contributed by atoms with Gasteiger partial charge in [-0.1, -0.05) is 13.0 Å². The van der Waals surface area contributed by atoms with E-state index in [-0.39, 0.29) is 0 Å². The Balaban J connectivity index is 2.16. The molecule has 5 heteroatoms. The lowest BCUT2D eigenvalue weighted by Gasteiger charge is -2.35. The van der Waals surface area contributed by atoms with Gasteiger partial charge in [-0.05, 0) is 17.9 Å². The SMILES string of the molecule is CCSc1cccc(N2CCN(CC#N)CC2)c1C#N. The summed E-state index contributed by atoms with van der Waals surface area (Å²) in [6.07, 6.45) is 0. The van der Waals surface area contributed by atoms with Gasteiger partial charge in [-0.2, -0.15) is 10.5 Å². The van der Waals surface area contributed by atoms with Crippen LogP contribution in [0, 0.1) is 22.7 Å². The Kier molecular flexibility index (Phi) is 5.29. The molecule has 0 atom stereocenters. The van der Waals surface area contributed by atoms with Crippen molar-refractivity contribution in [1.82, 2.24) is 4.90 Å². The van der Waals surface area contributed by atoms with Gasteiger partial charge in [0, 0.05) is 31.1 Å². The molecule has 0 aromatic heterocycles. The van der Waals surface area contributed by atoms with E-state index in [1.165, 1.54) is 0 Å². The molecular formula is C15H18N4S. The van der Waals surface area contributed by atoms with Crippen LogP contribution in [0.5, 0.6) is 0 Å². The number of hydrogen-bond acceptors (Lipinski definition) is 5. The molecule has 1 heterocycles. The van der Waals surface area contributed by atoms with Gasteiger partial charge in [-0.15, -0.1) is 11.8 Å². The van der Waals surface area contributed by atoms with Crippen LogP contribution in [0.1, 0.15) is 12.5 Å². The zero-order valence-corrected chi connectivity index (χ0v) is 12.5. The van der Waals surface area contributed by atoms with Crippen molar-refractivity contribution in [2.75, 3.05) is 43.4 Å². The average molecular weight is 286 g/mol. The number of hydrogen-bond donors (Lipinski definition) is 0. The van der Waals surface area contributed by atoms with E-state index in [9.17, 15) is 5.26 Å². The standard InChI is InChI=1S/C15H18N4S/c1-2-20-15-5-3-4-14(13(15)12-17)19-10-8-18(7-6-16)9-11-19/h3-5H,2,7-11H2,1H3. The number of benzene rings is 1. The zero-order chi connectivity index (χ0) is 14.4. The number of thioether (sulfide) groups is 1. The van der Waals surface area contributed by atoms with Crippen LogP contribution in [0.25, 0.3) is 0 Å². The number of nitriles is 2. The zero-order valence-electron chi connectivity index (χ0n) is 11.7. The lowest BCUT2D eigenvalue weighted by Crippen LogP contribution is -2.46. The van der Waals surface area contributed by atoms with Gasteiger partial charge >= 0.3 is 0 Å². The van der Waals surface area contributed by atoms with Crippen molar-refractivity contribution >= 4 is 17.4 Å². The van der Waals surface area contributed by atoms with Crippen LogP contribution < -0.4 is 4.90 Å². The molecule has 0 radical (unpaired) electrons. The molecule has 0 amide bonds. The van der Waals surface area contributed by atoms with E-state index >= 15 is 0 Å². The van der Waals surface area contributed by atoms with E-state index in [0.717, 1.165) is 48.1 Å².